The quantitative estimate of drug-likeness (QED) is 0.559. The summed E-state index contributed by atoms with van der Waals surface area (Å²) in [4.78, 5) is 22.5. The van der Waals surface area contributed by atoms with Crippen LogP contribution >= 0.6 is 0 Å². The second-order valence-corrected chi connectivity index (χ2v) is 5.58. The molecule has 2 aromatic rings. The van der Waals surface area contributed by atoms with Gasteiger partial charge in [-0.15, -0.1) is 0 Å². The van der Waals surface area contributed by atoms with E-state index in [0.717, 1.165) is 0 Å². The molecule has 0 atom stereocenters. The summed E-state index contributed by atoms with van der Waals surface area (Å²) < 4.78 is 41.6. The van der Waals surface area contributed by atoms with E-state index >= 15 is 0 Å². The lowest BCUT2D eigenvalue weighted by molar-refractivity contribution is -0.384. The Bertz CT molecular complexity index is 840. The monoisotopic (exact) mass is 383 g/mol. The van der Waals surface area contributed by atoms with Crippen LogP contribution in [0.15, 0.2) is 42.5 Å². The van der Waals surface area contributed by atoms with Crippen molar-refractivity contribution in [3.63, 3.8) is 0 Å². The van der Waals surface area contributed by atoms with Gasteiger partial charge in [-0.3, -0.25) is 14.9 Å². The third-order valence-corrected chi connectivity index (χ3v) is 3.34. The number of hydrogen-bond acceptors (Lipinski definition) is 5. The second-order valence-electron chi connectivity index (χ2n) is 5.58. The zero-order valence-electron chi connectivity index (χ0n) is 14.2. The van der Waals surface area contributed by atoms with Gasteiger partial charge in [0.25, 0.3) is 5.69 Å². The number of alkyl halides is 3. The molecule has 144 valence electrons. The minimum Gasteiger partial charge on any atom is -0.482 e. The number of amides is 1. The first-order valence-corrected chi connectivity index (χ1v) is 7.73. The number of carbonyl (C=O) groups is 1. The van der Waals surface area contributed by atoms with Gasteiger partial charge in [0.15, 0.2) is 6.61 Å². The van der Waals surface area contributed by atoms with E-state index in [4.69, 9.17) is 4.74 Å². The number of para-hydroxylation sites is 2. The third-order valence-electron chi connectivity index (χ3n) is 3.34. The molecule has 7 nitrogen and oxygen atoms in total. The van der Waals surface area contributed by atoms with E-state index in [1.165, 1.54) is 30.3 Å². The summed E-state index contributed by atoms with van der Waals surface area (Å²) in [5.41, 5.74) is 0.625. The minimum atomic E-state index is -4.49. The maximum absolute atomic E-state index is 12.3. The smallest absolute Gasteiger partial charge is 0.422 e. The number of nitro benzene ring substituents is 1. The summed E-state index contributed by atoms with van der Waals surface area (Å²) in [6, 6.07) is 10.2. The zero-order chi connectivity index (χ0) is 20.0. The van der Waals surface area contributed by atoms with Crippen LogP contribution < -0.4 is 15.4 Å². The molecule has 2 aromatic carbocycles. The van der Waals surface area contributed by atoms with Gasteiger partial charge < -0.3 is 15.4 Å². The van der Waals surface area contributed by atoms with Gasteiger partial charge in [-0.05, 0) is 30.7 Å². The van der Waals surface area contributed by atoms with Gasteiger partial charge in [-0.1, -0.05) is 18.2 Å². The fourth-order valence-corrected chi connectivity index (χ4v) is 2.17. The Labute approximate surface area is 152 Å². The molecule has 0 saturated carbocycles. The highest BCUT2D eigenvalue weighted by atomic mass is 19.4. The molecule has 2 rings (SSSR count). The van der Waals surface area contributed by atoms with Crippen molar-refractivity contribution in [3.8, 4) is 5.75 Å². The molecule has 0 fully saturated rings. The van der Waals surface area contributed by atoms with E-state index in [2.05, 4.69) is 10.6 Å². The number of nitrogens with zero attached hydrogens (tertiary/aromatic N) is 1. The summed E-state index contributed by atoms with van der Waals surface area (Å²) >= 11 is 0. The molecule has 0 aliphatic rings. The summed E-state index contributed by atoms with van der Waals surface area (Å²) in [5, 5.41) is 16.1. The van der Waals surface area contributed by atoms with E-state index in [1.807, 2.05) is 0 Å². The largest absolute Gasteiger partial charge is 0.482 e. The molecule has 0 unspecified atom stereocenters. The molecule has 0 aliphatic carbocycles. The number of ether oxygens (including phenoxy) is 1. The van der Waals surface area contributed by atoms with Crippen LogP contribution in [0.5, 0.6) is 5.75 Å². The van der Waals surface area contributed by atoms with Gasteiger partial charge in [0.1, 0.15) is 11.4 Å². The first-order valence-electron chi connectivity index (χ1n) is 7.73. The Morgan fingerprint density at radius 3 is 2.56 bits per heavy atom. The van der Waals surface area contributed by atoms with E-state index in [9.17, 15) is 28.1 Å². The predicted molar refractivity (Wildman–Crippen MR) is 92.9 cm³/mol. The average molecular weight is 383 g/mol. The number of hydrogen-bond donors (Lipinski definition) is 2. The van der Waals surface area contributed by atoms with Gasteiger partial charge in [-0.25, -0.2) is 0 Å². The number of carbonyl (C=O) groups excluding carboxylic acids is 1. The number of benzene rings is 2. The maximum atomic E-state index is 12.3. The molecular formula is C17H16F3N3O4. The van der Waals surface area contributed by atoms with Gasteiger partial charge >= 0.3 is 6.18 Å². The molecule has 0 aromatic heterocycles. The van der Waals surface area contributed by atoms with Crippen molar-refractivity contribution in [3.05, 3.63) is 58.1 Å². The van der Waals surface area contributed by atoms with Crippen molar-refractivity contribution < 1.29 is 27.6 Å². The Morgan fingerprint density at radius 1 is 1.19 bits per heavy atom. The van der Waals surface area contributed by atoms with Crippen molar-refractivity contribution >= 4 is 23.0 Å². The zero-order valence-corrected chi connectivity index (χ0v) is 14.2. The number of nitrogens with one attached hydrogen (secondary N) is 2. The van der Waals surface area contributed by atoms with Crippen molar-refractivity contribution in [2.45, 2.75) is 13.1 Å². The standard InChI is InChI=1S/C17H16F3N3O4/c1-11-6-7-12(14(8-11)23(25)26)22-16(24)9-21-13-4-2-3-5-15(13)27-10-17(18,19)20/h2-8,21H,9-10H2,1H3,(H,22,24). The molecule has 10 heteroatoms. The van der Waals surface area contributed by atoms with E-state index in [-0.39, 0.29) is 29.4 Å². The third kappa shape index (κ3) is 6.17. The van der Waals surface area contributed by atoms with E-state index in [0.29, 0.717) is 5.56 Å². The van der Waals surface area contributed by atoms with Crippen LogP contribution in [0.25, 0.3) is 0 Å². The number of rotatable bonds is 7. The van der Waals surface area contributed by atoms with Gasteiger partial charge in [-0.2, -0.15) is 13.2 Å². The molecule has 1 amide bonds. The highest BCUT2D eigenvalue weighted by Gasteiger charge is 2.28. The summed E-state index contributed by atoms with van der Waals surface area (Å²) in [6.07, 6.45) is -4.49. The number of halogens is 3. The molecular weight excluding hydrogens is 367 g/mol. The first kappa shape index (κ1) is 20.0. The summed E-state index contributed by atoms with van der Waals surface area (Å²) in [5.74, 6) is -0.670. The van der Waals surface area contributed by atoms with Crippen molar-refractivity contribution in [1.82, 2.24) is 0 Å². The Hall–Kier alpha value is -3.30. The molecule has 0 heterocycles. The minimum absolute atomic E-state index is 0.0269. The van der Waals surface area contributed by atoms with Crippen LogP contribution in [-0.4, -0.2) is 30.2 Å². The molecule has 0 saturated heterocycles. The van der Waals surface area contributed by atoms with Crippen LogP contribution in [0.1, 0.15) is 5.56 Å². The summed E-state index contributed by atoms with van der Waals surface area (Å²) in [7, 11) is 0. The lowest BCUT2D eigenvalue weighted by Gasteiger charge is -2.14. The molecule has 27 heavy (non-hydrogen) atoms. The van der Waals surface area contributed by atoms with Crippen LogP contribution in [0.4, 0.5) is 30.2 Å². The van der Waals surface area contributed by atoms with Crippen molar-refractivity contribution in [2.75, 3.05) is 23.8 Å². The molecule has 0 aliphatic heterocycles. The highest BCUT2D eigenvalue weighted by Crippen LogP contribution is 2.27. The van der Waals surface area contributed by atoms with Gasteiger partial charge in [0, 0.05) is 6.07 Å². The van der Waals surface area contributed by atoms with Crippen LogP contribution in [-0.2, 0) is 4.79 Å². The molecule has 0 bridgehead atoms. The number of nitro groups is 1. The Kier molecular flexibility index (Phi) is 6.22. The van der Waals surface area contributed by atoms with Crippen LogP contribution in [0, 0.1) is 17.0 Å². The lowest BCUT2D eigenvalue weighted by Crippen LogP contribution is -2.23. The second kappa shape index (κ2) is 8.39. The normalized spacial score (nSPS) is 11.0. The predicted octanol–water partition coefficient (Wildman–Crippen LogP) is 3.89. The first-order chi connectivity index (χ1) is 12.7. The fourth-order valence-electron chi connectivity index (χ4n) is 2.17. The number of aryl methyl sites for hydroxylation is 1. The molecule has 2 N–H and O–H groups in total. The van der Waals surface area contributed by atoms with Crippen molar-refractivity contribution in [2.24, 2.45) is 0 Å². The Morgan fingerprint density at radius 2 is 1.89 bits per heavy atom. The van der Waals surface area contributed by atoms with Gasteiger partial charge in [0.2, 0.25) is 5.91 Å². The van der Waals surface area contributed by atoms with Crippen LogP contribution in [0.3, 0.4) is 0 Å². The van der Waals surface area contributed by atoms with Crippen LogP contribution in [0.2, 0.25) is 0 Å². The van der Waals surface area contributed by atoms with Gasteiger partial charge in [0.05, 0.1) is 17.2 Å². The number of anilines is 2. The molecule has 0 radical (unpaired) electrons. The maximum Gasteiger partial charge on any atom is 0.422 e. The average Bonchev–Trinajstić information content (AvgIpc) is 2.59. The summed E-state index contributed by atoms with van der Waals surface area (Å²) in [6.45, 7) is -0.108. The SMILES string of the molecule is Cc1ccc(NC(=O)CNc2ccccc2OCC(F)(F)F)c([N+](=O)[O-])c1. The molecule has 0 spiro atoms. The fraction of sp³-hybridized carbons (Fsp3) is 0.235. The van der Waals surface area contributed by atoms with E-state index in [1.54, 1.807) is 19.1 Å². The topological polar surface area (TPSA) is 93.5 Å². The van der Waals surface area contributed by atoms with E-state index < -0.39 is 23.6 Å². The lowest BCUT2D eigenvalue weighted by atomic mass is 10.2. The van der Waals surface area contributed by atoms with Crippen molar-refractivity contribution in [1.29, 1.82) is 0 Å². The Balaban J connectivity index is 2.02. The highest BCUT2D eigenvalue weighted by molar-refractivity contribution is 5.96.